The summed E-state index contributed by atoms with van der Waals surface area (Å²) in [5.41, 5.74) is 1.09. The Bertz CT molecular complexity index is 290. The van der Waals surface area contributed by atoms with E-state index in [4.69, 9.17) is 5.11 Å². The monoisotopic (exact) mass is 196 g/mol. The molecule has 0 aliphatic carbocycles. The van der Waals surface area contributed by atoms with Crippen molar-refractivity contribution in [2.75, 3.05) is 0 Å². The van der Waals surface area contributed by atoms with Crippen LogP contribution in [0.1, 0.15) is 19.4 Å². The Hall–Kier alpha value is -0.880. The minimum Gasteiger partial charge on any atom is -0.508 e. The Morgan fingerprint density at radius 2 is 1.85 bits per heavy atom. The number of hydrogen-bond acceptors (Lipinski definition) is 2. The molecule has 0 aliphatic rings. The summed E-state index contributed by atoms with van der Waals surface area (Å²) >= 11 is 0. The van der Waals surface area contributed by atoms with E-state index in [0.717, 1.165) is 12.0 Å². The van der Waals surface area contributed by atoms with E-state index in [1.165, 1.54) is 0 Å². The minimum atomic E-state index is -0.225. The molecule has 70 valence electrons. The zero-order valence-corrected chi connectivity index (χ0v) is 8.71. The second-order valence-electron chi connectivity index (χ2n) is 3.75. The molecule has 0 saturated carbocycles. The van der Waals surface area contributed by atoms with Crippen LogP contribution in [0.3, 0.4) is 0 Å². The highest BCUT2D eigenvalue weighted by Crippen LogP contribution is 2.26. The minimum absolute atomic E-state index is 0.154. The van der Waals surface area contributed by atoms with Crippen LogP contribution in [0.25, 0.3) is 0 Å². The Morgan fingerprint density at radius 3 is 2.31 bits per heavy atom. The molecule has 1 rings (SSSR count). The van der Waals surface area contributed by atoms with E-state index < -0.39 is 0 Å². The molecule has 1 N–H and O–H groups in total. The fourth-order valence-electron chi connectivity index (χ4n) is 1.15. The van der Waals surface area contributed by atoms with Gasteiger partial charge < -0.3 is 5.11 Å². The molecule has 0 aromatic heterocycles. The van der Waals surface area contributed by atoms with Crippen LogP contribution in [-0.2, 0) is 11.0 Å². The fourth-order valence-corrected chi connectivity index (χ4v) is 1.39. The Kier molecular flexibility index (Phi) is 3.05. The molecule has 0 saturated heterocycles. The van der Waals surface area contributed by atoms with Gasteiger partial charge in [0, 0.05) is 5.16 Å². The van der Waals surface area contributed by atoms with Gasteiger partial charge in [0.25, 0.3) is 0 Å². The fraction of sp³-hybridized carbons (Fsp3) is 0.400. The van der Waals surface area contributed by atoms with Crippen molar-refractivity contribution in [3.8, 4) is 5.75 Å². The summed E-state index contributed by atoms with van der Waals surface area (Å²) in [5.74, 6) is 0.265. The molecule has 1 aromatic rings. The van der Waals surface area contributed by atoms with Gasteiger partial charge in [0.1, 0.15) is 5.75 Å². The van der Waals surface area contributed by atoms with Crippen molar-refractivity contribution in [1.29, 1.82) is 0 Å². The smallest absolute Gasteiger partial charge is 0.161 e. The lowest BCUT2D eigenvalue weighted by Gasteiger charge is -2.14. The maximum atomic E-state index is 10.7. The summed E-state index contributed by atoms with van der Waals surface area (Å²) in [7, 11) is 0.154. The van der Waals surface area contributed by atoms with Crippen LogP contribution in [0.4, 0.5) is 0 Å². The number of aromatic hydroxyl groups is 1. The lowest BCUT2D eigenvalue weighted by molar-refractivity contribution is 0.475. The zero-order valence-electron chi connectivity index (χ0n) is 7.82. The maximum Gasteiger partial charge on any atom is 0.161 e. The summed E-state index contributed by atoms with van der Waals surface area (Å²) in [6.07, 6.45) is 0.748. The molecule has 0 bridgehead atoms. The van der Waals surface area contributed by atoms with Gasteiger partial charge >= 0.3 is 0 Å². The van der Waals surface area contributed by atoms with Crippen molar-refractivity contribution in [2.24, 2.45) is 0 Å². The second-order valence-corrected chi connectivity index (χ2v) is 5.14. The van der Waals surface area contributed by atoms with Gasteiger partial charge in [-0.15, -0.1) is 0 Å². The van der Waals surface area contributed by atoms with Gasteiger partial charge in [-0.2, -0.15) is 0 Å². The van der Waals surface area contributed by atoms with E-state index in [2.05, 4.69) is 0 Å². The van der Waals surface area contributed by atoms with Gasteiger partial charge in [0.05, 0.1) is 0 Å². The Balaban J connectivity index is 2.75. The molecule has 0 radical (unpaired) electrons. The van der Waals surface area contributed by atoms with Gasteiger partial charge in [0.15, 0.2) is 8.46 Å². The van der Waals surface area contributed by atoms with Crippen LogP contribution in [0.15, 0.2) is 24.3 Å². The molecule has 3 heteroatoms. The van der Waals surface area contributed by atoms with Gasteiger partial charge in [0.2, 0.25) is 0 Å². The van der Waals surface area contributed by atoms with Crippen molar-refractivity contribution in [2.45, 2.75) is 25.4 Å². The highest BCUT2D eigenvalue weighted by molar-refractivity contribution is 7.25. The second kappa shape index (κ2) is 3.89. The van der Waals surface area contributed by atoms with Crippen molar-refractivity contribution >= 4 is 8.46 Å². The van der Waals surface area contributed by atoms with Crippen LogP contribution in [0.5, 0.6) is 5.75 Å². The van der Waals surface area contributed by atoms with Crippen LogP contribution in [0, 0.1) is 0 Å². The zero-order chi connectivity index (χ0) is 9.90. The van der Waals surface area contributed by atoms with Crippen molar-refractivity contribution in [3.63, 3.8) is 0 Å². The molecular formula is C10H13O2P. The van der Waals surface area contributed by atoms with E-state index in [9.17, 15) is 4.57 Å². The third kappa shape index (κ3) is 3.16. The van der Waals surface area contributed by atoms with Crippen molar-refractivity contribution in [3.05, 3.63) is 29.8 Å². The average Bonchev–Trinajstić information content (AvgIpc) is 2.09. The van der Waals surface area contributed by atoms with Crippen LogP contribution in [0.2, 0.25) is 0 Å². The van der Waals surface area contributed by atoms with E-state index in [1.807, 2.05) is 26.0 Å². The summed E-state index contributed by atoms with van der Waals surface area (Å²) in [4.78, 5) is 0. The van der Waals surface area contributed by atoms with Gasteiger partial charge in [-0.1, -0.05) is 12.1 Å². The summed E-state index contributed by atoms with van der Waals surface area (Å²) in [6, 6.07) is 6.99. The van der Waals surface area contributed by atoms with Crippen molar-refractivity contribution in [1.82, 2.24) is 0 Å². The number of benzene rings is 1. The maximum absolute atomic E-state index is 10.7. The normalized spacial score (nSPS) is 11.8. The van der Waals surface area contributed by atoms with Crippen molar-refractivity contribution < 1.29 is 9.67 Å². The topological polar surface area (TPSA) is 37.3 Å². The summed E-state index contributed by atoms with van der Waals surface area (Å²) in [6.45, 7) is 3.88. The first-order valence-electron chi connectivity index (χ1n) is 4.16. The number of hydrogen-bond donors (Lipinski definition) is 1. The molecule has 0 unspecified atom stereocenters. The summed E-state index contributed by atoms with van der Waals surface area (Å²) < 4.78 is 10.7. The molecule has 0 aliphatic heterocycles. The van der Waals surface area contributed by atoms with Crippen LogP contribution < -0.4 is 0 Å². The first kappa shape index (κ1) is 10.2. The molecule has 0 amide bonds. The lowest BCUT2D eigenvalue weighted by Crippen LogP contribution is -2.14. The third-order valence-electron chi connectivity index (χ3n) is 1.82. The molecule has 1 aromatic carbocycles. The number of phenolic OH excluding ortho intramolecular Hbond substituents is 1. The summed E-state index contributed by atoms with van der Waals surface area (Å²) in [5, 5.41) is 8.82. The standard InChI is InChI=1S/C10H13O2P/c1-10(2,13-12)7-8-3-5-9(11)6-4-8/h3-6,11H,7H2,1-2H3. The molecule has 0 fully saturated rings. The molecule has 2 nitrogen and oxygen atoms in total. The van der Waals surface area contributed by atoms with Crippen LogP contribution >= 0.6 is 8.46 Å². The van der Waals surface area contributed by atoms with Crippen LogP contribution in [-0.4, -0.2) is 10.3 Å². The number of rotatable bonds is 3. The van der Waals surface area contributed by atoms with E-state index in [1.54, 1.807) is 12.1 Å². The Labute approximate surface area is 79.8 Å². The SMILES string of the molecule is CC(C)(Cc1ccc(O)cc1)P=O. The largest absolute Gasteiger partial charge is 0.508 e. The Morgan fingerprint density at radius 1 is 1.31 bits per heavy atom. The predicted molar refractivity (Wildman–Crippen MR) is 53.5 cm³/mol. The van der Waals surface area contributed by atoms with Gasteiger partial charge in [-0.05, 0) is 38.0 Å². The molecule has 0 heterocycles. The average molecular weight is 196 g/mol. The first-order valence-corrected chi connectivity index (χ1v) is 4.97. The van der Waals surface area contributed by atoms with E-state index >= 15 is 0 Å². The quantitative estimate of drug-likeness (QED) is 0.754. The first-order chi connectivity index (χ1) is 6.03. The molecule has 13 heavy (non-hydrogen) atoms. The van der Waals surface area contributed by atoms with E-state index in [-0.39, 0.29) is 19.4 Å². The third-order valence-corrected chi connectivity index (χ3v) is 2.47. The molecule has 0 spiro atoms. The number of phenols is 1. The highest BCUT2D eigenvalue weighted by Gasteiger charge is 2.18. The molecular weight excluding hydrogens is 183 g/mol. The van der Waals surface area contributed by atoms with Gasteiger partial charge in [-0.3, -0.25) is 4.57 Å². The van der Waals surface area contributed by atoms with Gasteiger partial charge in [-0.25, -0.2) is 0 Å². The highest BCUT2D eigenvalue weighted by atomic mass is 31.1. The molecule has 0 atom stereocenters. The van der Waals surface area contributed by atoms with E-state index in [0.29, 0.717) is 0 Å². The predicted octanol–water partition coefficient (Wildman–Crippen LogP) is 3.01. The lowest BCUT2D eigenvalue weighted by atomic mass is 10.0.